The number of carboxylic acid groups (broad SMARTS) is 1. The van der Waals surface area contributed by atoms with Gasteiger partial charge >= 0.3 is 12.1 Å². The number of carbonyl (C=O) groups is 3. The zero-order valence-electron chi connectivity index (χ0n) is 20.0. The number of ether oxygens (including phenoxy) is 1. The second-order valence-corrected chi connectivity index (χ2v) is 9.10. The largest absolute Gasteiger partial charge is 0.480 e. The molecule has 2 aromatic rings. The summed E-state index contributed by atoms with van der Waals surface area (Å²) in [6.45, 7) is 5.96. The van der Waals surface area contributed by atoms with Crippen molar-refractivity contribution in [2.24, 2.45) is 11.8 Å². The van der Waals surface area contributed by atoms with Gasteiger partial charge in [0.1, 0.15) is 12.6 Å². The molecule has 2 unspecified atom stereocenters. The molecular weight excluding hydrogens is 432 g/mol. The third kappa shape index (κ3) is 5.95. The molecule has 0 bridgehead atoms. The number of carboxylic acids is 1. The molecule has 0 saturated heterocycles. The summed E-state index contributed by atoms with van der Waals surface area (Å²) in [6, 6.07) is 15.3. The highest BCUT2D eigenvalue weighted by molar-refractivity contribution is 5.85. The van der Waals surface area contributed by atoms with Crippen LogP contribution >= 0.6 is 0 Å². The van der Waals surface area contributed by atoms with Crippen molar-refractivity contribution in [1.82, 2.24) is 10.6 Å². The van der Waals surface area contributed by atoms with E-state index in [1.807, 2.05) is 45.0 Å². The number of rotatable bonds is 11. The van der Waals surface area contributed by atoms with E-state index in [1.165, 1.54) is 0 Å². The first-order valence-corrected chi connectivity index (χ1v) is 12.0. The van der Waals surface area contributed by atoms with Crippen molar-refractivity contribution < 1.29 is 24.2 Å². The van der Waals surface area contributed by atoms with Crippen molar-refractivity contribution in [3.05, 3.63) is 59.7 Å². The Labute approximate surface area is 200 Å². The summed E-state index contributed by atoms with van der Waals surface area (Å²) in [7, 11) is 0. The minimum absolute atomic E-state index is 0.0442. The van der Waals surface area contributed by atoms with Crippen molar-refractivity contribution in [3.63, 3.8) is 0 Å². The number of fused-ring (bicyclic) bond motifs is 3. The maximum Gasteiger partial charge on any atom is 0.407 e. The molecule has 0 spiro atoms. The van der Waals surface area contributed by atoms with Crippen LogP contribution in [-0.2, 0) is 14.3 Å². The van der Waals surface area contributed by atoms with E-state index in [2.05, 4.69) is 34.9 Å². The first kappa shape index (κ1) is 25.3. The van der Waals surface area contributed by atoms with E-state index in [0.717, 1.165) is 28.7 Å². The van der Waals surface area contributed by atoms with Crippen molar-refractivity contribution in [2.45, 2.75) is 52.0 Å². The molecule has 3 N–H and O–H groups in total. The van der Waals surface area contributed by atoms with Gasteiger partial charge in [0.2, 0.25) is 5.91 Å². The number of amides is 2. The van der Waals surface area contributed by atoms with Gasteiger partial charge in [0, 0.05) is 12.5 Å². The first-order valence-electron chi connectivity index (χ1n) is 12.0. The topological polar surface area (TPSA) is 105 Å². The van der Waals surface area contributed by atoms with Gasteiger partial charge in [0.05, 0.1) is 5.92 Å². The standard InChI is InChI=1S/C27H34N2O5/c1-4-5-14-24(26(31)32)29-25(30)22(17(2)3)15-28-27(33)34-16-23-20-12-8-6-10-18(20)19-11-7-9-13-21(19)23/h6-13,17,22-24H,4-5,14-16H2,1-3H3,(H,28,33)(H,29,30)(H,31,32). The predicted molar refractivity (Wildman–Crippen MR) is 130 cm³/mol. The third-order valence-corrected chi connectivity index (χ3v) is 6.41. The zero-order chi connectivity index (χ0) is 24.7. The second-order valence-electron chi connectivity index (χ2n) is 9.10. The molecule has 2 atom stereocenters. The molecule has 0 aliphatic heterocycles. The van der Waals surface area contributed by atoms with Gasteiger partial charge in [0.25, 0.3) is 0 Å². The Morgan fingerprint density at radius 2 is 1.59 bits per heavy atom. The number of carbonyl (C=O) groups excluding carboxylic acids is 2. The molecule has 2 aromatic carbocycles. The quantitative estimate of drug-likeness (QED) is 0.450. The van der Waals surface area contributed by atoms with Crippen molar-refractivity contribution >= 4 is 18.0 Å². The van der Waals surface area contributed by atoms with Crippen LogP contribution in [0.4, 0.5) is 4.79 Å². The lowest BCUT2D eigenvalue weighted by Crippen LogP contribution is -2.47. The molecule has 0 heterocycles. The molecule has 2 amide bonds. The highest BCUT2D eigenvalue weighted by Gasteiger charge is 2.30. The van der Waals surface area contributed by atoms with Crippen LogP contribution in [0.25, 0.3) is 11.1 Å². The molecule has 0 aromatic heterocycles. The number of aliphatic carboxylic acids is 1. The van der Waals surface area contributed by atoms with E-state index < -0.39 is 24.0 Å². The first-order chi connectivity index (χ1) is 16.3. The van der Waals surface area contributed by atoms with E-state index in [4.69, 9.17) is 4.74 Å². The lowest BCUT2D eigenvalue weighted by atomic mass is 9.94. The van der Waals surface area contributed by atoms with Gasteiger partial charge in [0.15, 0.2) is 0 Å². The van der Waals surface area contributed by atoms with E-state index in [9.17, 15) is 19.5 Å². The summed E-state index contributed by atoms with van der Waals surface area (Å²) in [5.74, 6) is -2.12. The molecule has 7 nitrogen and oxygen atoms in total. The van der Waals surface area contributed by atoms with Gasteiger partial charge < -0.3 is 20.5 Å². The van der Waals surface area contributed by atoms with Gasteiger partial charge in [-0.3, -0.25) is 4.79 Å². The maximum absolute atomic E-state index is 12.8. The van der Waals surface area contributed by atoms with Crippen LogP contribution in [0.2, 0.25) is 0 Å². The summed E-state index contributed by atoms with van der Waals surface area (Å²) < 4.78 is 5.55. The van der Waals surface area contributed by atoms with Crippen molar-refractivity contribution in [3.8, 4) is 11.1 Å². The Morgan fingerprint density at radius 3 is 2.12 bits per heavy atom. The van der Waals surface area contributed by atoms with Crippen LogP contribution in [0.15, 0.2) is 48.5 Å². The summed E-state index contributed by atoms with van der Waals surface area (Å²) in [4.78, 5) is 36.7. The number of benzene rings is 2. The second kappa shape index (κ2) is 11.7. The molecule has 3 rings (SSSR count). The number of nitrogens with one attached hydrogen (secondary N) is 2. The molecule has 34 heavy (non-hydrogen) atoms. The molecule has 0 radical (unpaired) electrons. The number of hydrogen-bond donors (Lipinski definition) is 3. The van der Waals surface area contributed by atoms with E-state index in [-0.39, 0.29) is 30.9 Å². The smallest absolute Gasteiger partial charge is 0.407 e. The maximum atomic E-state index is 12.8. The summed E-state index contributed by atoms with van der Waals surface area (Å²) >= 11 is 0. The summed E-state index contributed by atoms with van der Waals surface area (Å²) in [5, 5.41) is 14.7. The lowest BCUT2D eigenvalue weighted by molar-refractivity contribution is -0.143. The number of hydrogen-bond acceptors (Lipinski definition) is 4. The molecule has 7 heteroatoms. The Balaban J connectivity index is 1.57. The fraction of sp³-hybridized carbons (Fsp3) is 0.444. The minimum Gasteiger partial charge on any atom is -0.480 e. The zero-order valence-corrected chi connectivity index (χ0v) is 20.0. The van der Waals surface area contributed by atoms with E-state index in [0.29, 0.717) is 12.8 Å². The van der Waals surface area contributed by atoms with Gasteiger partial charge in [-0.2, -0.15) is 0 Å². The van der Waals surface area contributed by atoms with Gasteiger partial charge in [-0.15, -0.1) is 0 Å². The predicted octanol–water partition coefficient (Wildman–Crippen LogP) is 4.56. The SMILES string of the molecule is CCCCC(NC(=O)C(CNC(=O)OCC1c2ccccc2-c2ccccc21)C(C)C)C(=O)O. The average Bonchev–Trinajstić information content (AvgIpc) is 3.14. The molecule has 0 saturated carbocycles. The van der Waals surface area contributed by atoms with Gasteiger partial charge in [-0.25, -0.2) is 9.59 Å². The monoisotopic (exact) mass is 466 g/mol. The Morgan fingerprint density at radius 1 is 1.00 bits per heavy atom. The Bertz CT molecular complexity index is 974. The molecular formula is C27H34N2O5. The lowest BCUT2D eigenvalue weighted by Gasteiger charge is -2.23. The summed E-state index contributed by atoms with van der Waals surface area (Å²) in [5.41, 5.74) is 4.56. The van der Waals surface area contributed by atoms with Crippen LogP contribution in [0.5, 0.6) is 0 Å². The number of alkyl carbamates (subject to hydrolysis) is 1. The Hall–Kier alpha value is -3.35. The van der Waals surface area contributed by atoms with Crippen LogP contribution in [-0.4, -0.2) is 42.3 Å². The van der Waals surface area contributed by atoms with E-state index in [1.54, 1.807) is 0 Å². The fourth-order valence-corrected chi connectivity index (χ4v) is 4.42. The van der Waals surface area contributed by atoms with E-state index >= 15 is 0 Å². The van der Waals surface area contributed by atoms with Crippen LogP contribution in [0.3, 0.4) is 0 Å². The van der Waals surface area contributed by atoms with Crippen LogP contribution < -0.4 is 10.6 Å². The highest BCUT2D eigenvalue weighted by atomic mass is 16.5. The van der Waals surface area contributed by atoms with Gasteiger partial charge in [-0.05, 0) is 34.6 Å². The van der Waals surface area contributed by atoms with Crippen LogP contribution in [0.1, 0.15) is 57.1 Å². The van der Waals surface area contributed by atoms with Gasteiger partial charge in [-0.1, -0.05) is 82.1 Å². The molecule has 1 aliphatic rings. The highest BCUT2D eigenvalue weighted by Crippen LogP contribution is 2.44. The van der Waals surface area contributed by atoms with Crippen molar-refractivity contribution in [2.75, 3.05) is 13.2 Å². The molecule has 182 valence electrons. The minimum atomic E-state index is -1.05. The third-order valence-electron chi connectivity index (χ3n) is 6.41. The molecule has 0 fully saturated rings. The number of unbranched alkanes of at least 4 members (excludes halogenated alkanes) is 1. The van der Waals surface area contributed by atoms with Crippen molar-refractivity contribution in [1.29, 1.82) is 0 Å². The van der Waals surface area contributed by atoms with Crippen LogP contribution in [0, 0.1) is 11.8 Å². The summed E-state index contributed by atoms with van der Waals surface area (Å²) in [6.07, 6.45) is 1.33. The normalized spacial score (nSPS) is 14.1. The Kier molecular flexibility index (Phi) is 8.68. The molecule has 1 aliphatic carbocycles. The fourth-order valence-electron chi connectivity index (χ4n) is 4.42. The average molecular weight is 467 g/mol.